The Morgan fingerprint density at radius 1 is 1.04 bits per heavy atom. The number of nitrogens with two attached hydrogens (primary N) is 1. The molecule has 0 heterocycles. The van der Waals surface area contributed by atoms with Crippen molar-refractivity contribution in [2.24, 2.45) is 0 Å². The maximum absolute atomic E-state index is 11.9. The first kappa shape index (κ1) is 16.5. The second-order valence-electron chi connectivity index (χ2n) is 5.09. The van der Waals surface area contributed by atoms with Gasteiger partial charge in [0.15, 0.2) is 0 Å². The predicted octanol–water partition coefficient (Wildman–Crippen LogP) is 3.02. The van der Waals surface area contributed by atoms with E-state index in [0.29, 0.717) is 36.4 Å². The van der Waals surface area contributed by atoms with Crippen LogP contribution in [0.25, 0.3) is 0 Å². The number of amides is 1. The lowest BCUT2D eigenvalue weighted by atomic mass is 10.1. The summed E-state index contributed by atoms with van der Waals surface area (Å²) in [7, 11) is 0. The van der Waals surface area contributed by atoms with Gasteiger partial charge in [0.25, 0.3) is 0 Å². The van der Waals surface area contributed by atoms with Gasteiger partial charge in [0.1, 0.15) is 0 Å². The highest BCUT2D eigenvalue weighted by Gasteiger charge is 2.07. The molecule has 0 atom stereocenters. The lowest BCUT2D eigenvalue weighted by Gasteiger charge is -2.07. The van der Waals surface area contributed by atoms with Gasteiger partial charge in [-0.1, -0.05) is 12.1 Å². The van der Waals surface area contributed by atoms with Gasteiger partial charge in [-0.05, 0) is 55.3 Å². The summed E-state index contributed by atoms with van der Waals surface area (Å²) in [5, 5.41) is 2.81. The number of rotatable bonds is 6. The van der Waals surface area contributed by atoms with Crippen molar-refractivity contribution in [2.45, 2.75) is 19.8 Å². The van der Waals surface area contributed by atoms with Crippen molar-refractivity contribution in [3.8, 4) is 0 Å². The average Bonchev–Trinajstić information content (AvgIpc) is 2.55. The first-order valence-corrected chi connectivity index (χ1v) is 7.50. The van der Waals surface area contributed by atoms with Gasteiger partial charge in [-0.15, -0.1) is 0 Å². The Kier molecular flexibility index (Phi) is 5.74. The highest BCUT2D eigenvalue weighted by molar-refractivity contribution is 5.93. The van der Waals surface area contributed by atoms with E-state index in [1.54, 1.807) is 31.2 Å². The summed E-state index contributed by atoms with van der Waals surface area (Å²) >= 11 is 0. The molecule has 0 saturated carbocycles. The predicted molar refractivity (Wildman–Crippen MR) is 90.2 cm³/mol. The van der Waals surface area contributed by atoms with Crippen LogP contribution >= 0.6 is 0 Å². The number of nitrogen functional groups attached to an aromatic ring is 1. The molecule has 0 aromatic heterocycles. The summed E-state index contributed by atoms with van der Waals surface area (Å²) in [6, 6.07) is 14.1. The average molecular weight is 312 g/mol. The first-order valence-electron chi connectivity index (χ1n) is 7.50. The van der Waals surface area contributed by atoms with E-state index in [2.05, 4.69) is 5.32 Å². The van der Waals surface area contributed by atoms with E-state index >= 15 is 0 Å². The van der Waals surface area contributed by atoms with Crippen LogP contribution in [0, 0.1) is 0 Å². The second kappa shape index (κ2) is 7.98. The zero-order chi connectivity index (χ0) is 16.7. The van der Waals surface area contributed by atoms with Crippen molar-refractivity contribution >= 4 is 23.3 Å². The minimum atomic E-state index is -0.367. The fourth-order valence-electron chi connectivity index (χ4n) is 2.07. The molecule has 23 heavy (non-hydrogen) atoms. The zero-order valence-electron chi connectivity index (χ0n) is 13.0. The molecule has 3 N–H and O–H groups in total. The van der Waals surface area contributed by atoms with Crippen LogP contribution in [0.5, 0.6) is 0 Å². The summed E-state index contributed by atoms with van der Waals surface area (Å²) in [6.07, 6.45) is 1.02. The molecule has 2 rings (SSSR count). The van der Waals surface area contributed by atoms with Crippen LogP contribution in [-0.4, -0.2) is 18.5 Å². The summed E-state index contributed by atoms with van der Waals surface area (Å²) in [5.74, 6) is -0.445. The summed E-state index contributed by atoms with van der Waals surface area (Å²) in [4.78, 5) is 23.5. The van der Waals surface area contributed by atoms with Crippen LogP contribution in [0.1, 0.15) is 29.3 Å². The van der Waals surface area contributed by atoms with Crippen molar-refractivity contribution < 1.29 is 14.3 Å². The van der Waals surface area contributed by atoms with Crippen molar-refractivity contribution in [3.05, 3.63) is 59.7 Å². The molecule has 2 aromatic rings. The smallest absolute Gasteiger partial charge is 0.338 e. The van der Waals surface area contributed by atoms with Gasteiger partial charge in [0.2, 0.25) is 5.91 Å². The molecule has 0 saturated heterocycles. The van der Waals surface area contributed by atoms with Gasteiger partial charge in [-0.3, -0.25) is 4.79 Å². The molecular weight excluding hydrogens is 292 g/mol. The summed E-state index contributed by atoms with van der Waals surface area (Å²) in [6.45, 7) is 2.09. The molecule has 120 valence electrons. The van der Waals surface area contributed by atoms with Crippen LogP contribution in [0.4, 0.5) is 11.4 Å². The van der Waals surface area contributed by atoms with Gasteiger partial charge in [-0.2, -0.15) is 0 Å². The number of hydrogen-bond acceptors (Lipinski definition) is 4. The second-order valence-corrected chi connectivity index (χ2v) is 5.09. The van der Waals surface area contributed by atoms with E-state index in [0.717, 1.165) is 5.56 Å². The van der Waals surface area contributed by atoms with E-state index in [-0.39, 0.29) is 11.9 Å². The molecule has 0 aliphatic carbocycles. The van der Waals surface area contributed by atoms with Crippen LogP contribution < -0.4 is 11.1 Å². The van der Waals surface area contributed by atoms with E-state index in [1.807, 2.05) is 24.3 Å². The third-order valence-corrected chi connectivity index (χ3v) is 3.30. The Balaban J connectivity index is 1.85. The first-order chi connectivity index (χ1) is 11.1. The number of anilines is 2. The SMILES string of the molecule is CCOC(=O)c1ccc(NC(=O)CCc2ccc(N)cc2)cc1. The molecule has 5 heteroatoms. The van der Waals surface area contributed by atoms with E-state index in [9.17, 15) is 9.59 Å². The monoisotopic (exact) mass is 312 g/mol. The Morgan fingerprint density at radius 3 is 2.30 bits per heavy atom. The maximum Gasteiger partial charge on any atom is 0.338 e. The number of carbonyl (C=O) groups is 2. The molecule has 0 aliphatic heterocycles. The molecular formula is C18H20N2O3. The molecule has 0 bridgehead atoms. The molecule has 1 amide bonds. The standard InChI is InChI=1S/C18H20N2O3/c1-2-23-18(22)14-6-10-16(11-7-14)20-17(21)12-5-13-3-8-15(19)9-4-13/h3-4,6-11H,2,5,12,19H2,1H3,(H,20,21). The summed E-state index contributed by atoms with van der Waals surface area (Å²) in [5.41, 5.74) is 8.51. The molecule has 0 spiro atoms. The van der Waals surface area contributed by atoms with E-state index < -0.39 is 0 Å². The maximum atomic E-state index is 11.9. The number of esters is 1. The minimum absolute atomic E-state index is 0.0780. The number of carbonyl (C=O) groups excluding carboxylic acids is 2. The minimum Gasteiger partial charge on any atom is -0.462 e. The van der Waals surface area contributed by atoms with Crippen LogP contribution in [0.3, 0.4) is 0 Å². The van der Waals surface area contributed by atoms with Gasteiger partial charge in [-0.25, -0.2) is 4.79 Å². The molecule has 5 nitrogen and oxygen atoms in total. The third-order valence-electron chi connectivity index (χ3n) is 3.30. The Bertz CT molecular complexity index is 664. The van der Waals surface area contributed by atoms with Crippen molar-refractivity contribution in [2.75, 3.05) is 17.7 Å². The topological polar surface area (TPSA) is 81.4 Å². The highest BCUT2D eigenvalue weighted by Crippen LogP contribution is 2.12. The van der Waals surface area contributed by atoms with Gasteiger partial charge in [0.05, 0.1) is 12.2 Å². The Hall–Kier alpha value is -2.82. The quantitative estimate of drug-likeness (QED) is 0.634. The molecule has 0 fully saturated rings. The fraction of sp³-hybridized carbons (Fsp3) is 0.222. The largest absolute Gasteiger partial charge is 0.462 e. The van der Waals surface area contributed by atoms with Gasteiger partial charge < -0.3 is 15.8 Å². The van der Waals surface area contributed by atoms with Gasteiger partial charge in [0, 0.05) is 17.8 Å². The third kappa shape index (κ3) is 5.14. The molecule has 0 radical (unpaired) electrons. The van der Waals surface area contributed by atoms with Crippen molar-refractivity contribution in [1.29, 1.82) is 0 Å². The lowest BCUT2D eigenvalue weighted by Crippen LogP contribution is -2.12. The lowest BCUT2D eigenvalue weighted by molar-refractivity contribution is -0.116. The summed E-state index contributed by atoms with van der Waals surface area (Å²) < 4.78 is 4.91. The number of hydrogen-bond donors (Lipinski definition) is 2. The van der Waals surface area contributed by atoms with Gasteiger partial charge >= 0.3 is 5.97 Å². The fourth-order valence-corrected chi connectivity index (χ4v) is 2.07. The van der Waals surface area contributed by atoms with Crippen molar-refractivity contribution in [3.63, 3.8) is 0 Å². The van der Waals surface area contributed by atoms with Crippen molar-refractivity contribution in [1.82, 2.24) is 0 Å². The number of nitrogens with one attached hydrogen (secondary N) is 1. The number of ether oxygens (including phenoxy) is 1. The Labute approximate surface area is 135 Å². The van der Waals surface area contributed by atoms with E-state index in [4.69, 9.17) is 10.5 Å². The molecule has 2 aromatic carbocycles. The highest BCUT2D eigenvalue weighted by atomic mass is 16.5. The Morgan fingerprint density at radius 2 is 1.70 bits per heavy atom. The van der Waals surface area contributed by atoms with Crippen LogP contribution in [-0.2, 0) is 16.0 Å². The van der Waals surface area contributed by atoms with Crippen LogP contribution in [0.2, 0.25) is 0 Å². The zero-order valence-corrected chi connectivity index (χ0v) is 13.0. The normalized spacial score (nSPS) is 10.1. The molecule has 0 unspecified atom stereocenters. The number of aryl methyl sites for hydroxylation is 1. The molecule has 0 aliphatic rings. The van der Waals surface area contributed by atoms with E-state index in [1.165, 1.54) is 0 Å². The number of benzene rings is 2. The van der Waals surface area contributed by atoms with Crippen LogP contribution in [0.15, 0.2) is 48.5 Å².